The Kier molecular flexibility index (Phi) is 41.9. The number of carbonyl (C=O) groups is 17. The molecule has 0 aliphatic carbocycles. The van der Waals surface area contributed by atoms with Crippen LogP contribution in [0.2, 0.25) is 0 Å². The quantitative estimate of drug-likeness (QED) is 0.0153. The van der Waals surface area contributed by atoms with E-state index < -0.39 is 256 Å². The third-order valence-corrected chi connectivity index (χ3v) is 14.9. The number of aliphatic hydroxyl groups is 3. The fourth-order valence-corrected chi connectivity index (χ4v) is 9.46. The van der Waals surface area contributed by atoms with Gasteiger partial charge in [-0.1, -0.05) is 61.8 Å². The van der Waals surface area contributed by atoms with Gasteiger partial charge in [0.25, 0.3) is 0 Å². The van der Waals surface area contributed by atoms with Crippen LogP contribution in [-0.2, 0) is 81.5 Å². The van der Waals surface area contributed by atoms with Gasteiger partial charge in [0, 0.05) is 19.4 Å². The normalized spacial score (nSPS) is 15.3. The third-order valence-electron chi connectivity index (χ3n) is 14.9. The summed E-state index contributed by atoms with van der Waals surface area (Å²) in [4.78, 5) is 228. The maximum Gasteiger partial charge on any atom is 0.326 e. The lowest BCUT2D eigenvalue weighted by atomic mass is 9.98. The number of nitrogens with zero attached hydrogens (tertiary/aromatic N) is 1. The Morgan fingerprint density at radius 3 is 1.04 bits per heavy atom. The minimum Gasteiger partial charge on any atom is -0.481 e. The average molecular weight is 1440 g/mol. The molecular weight excluding hydrogens is 1340 g/mol. The van der Waals surface area contributed by atoms with E-state index in [-0.39, 0.29) is 56.4 Å². The van der Waals surface area contributed by atoms with Crippen LogP contribution in [0, 0.1) is 23.7 Å². The summed E-state index contributed by atoms with van der Waals surface area (Å²) >= 11 is 0. The molecule has 0 heterocycles. The molecule has 0 saturated heterocycles. The van der Waals surface area contributed by atoms with Crippen LogP contribution < -0.4 is 98.2 Å². The van der Waals surface area contributed by atoms with Crippen molar-refractivity contribution in [2.75, 3.05) is 26.3 Å². The largest absolute Gasteiger partial charge is 0.481 e. The van der Waals surface area contributed by atoms with Gasteiger partial charge in [0.15, 0.2) is 5.96 Å². The molecule has 0 radical (unpaired) electrons. The summed E-state index contributed by atoms with van der Waals surface area (Å²) in [6.07, 6.45) is -6.61. The van der Waals surface area contributed by atoms with E-state index in [1.54, 1.807) is 48.5 Å². The molecule has 0 aliphatic rings. The summed E-state index contributed by atoms with van der Waals surface area (Å²) in [6.45, 7) is 11.1. The molecule has 0 aliphatic heterocycles. The Morgan fingerprint density at radius 2 is 0.703 bits per heavy atom. The van der Waals surface area contributed by atoms with Crippen LogP contribution in [0.3, 0.4) is 0 Å². The minimum absolute atomic E-state index is 0.0469. The number of guanidine groups is 1. The fraction of sp³-hybridized carbons (Fsp3) is 0.700. The molecule has 0 aromatic heterocycles. The lowest BCUT2D eigenvalue weighted by Crippen LogP contribution is -2.63. The Morgan fingerprint density at radius 1 is 0.386 bits per heavy atom. The summed E-state index contributed by atoms with van der Waals surface area (Å²) < 4.78 is 0. The van der Waals surface area contributed by atoms with Gasteiger partial charge in [-0.05, 0) is 75.5 Å². The van der Waals surface area contributed by atoms with E-state index in [9.17, 15) is 107 Å². The Bertz CT molecular complexity index is 2910. The van der Waals surface area contributed by atoms with Crippen molar-refractivity contribution in [1.82, 2.24) is 63.8 Å². The molecule has 0 unspecified atom stereocenters. The van der Waals surface area contributed by atoms with E-state index in [0.717, 1.165) is 6.92 Å². The average Bonchev–Trinajstić information content (AvgIpc) is 0.860. The topological polar surface area (TPSA) is 704 Å². The first-order valence-electron chi connectivity index (χ1n) is 32.6. The van der Waals surface area contributed by atoms with Crippen molar-refractivity contribution < 1.29 is 107 Å². The van der Waals surface area contributed by atoms with Crippen molar-refractivity contribution in [2.45, 2.75) is 218 Å². The molecule has 572 valence electrons. The number of nitrogens with two attached hydrogens (primary N) is 6. The number of amides is 15. The number of aliphatic imine (C=N–C) groups is 1. The van der Waals surface area contributed by atoms with Gasteiger partial charge in [-0.15, -0.1) is 0 Å². The van der Waals surface area contributed by atoms with Crippen LogP contribution in [0.15, 0.2) is 4.99 Å². The molecule has 0 rings (SSSR count). The lowest BCUT2D eigenvalue weighted by molar-refractivity contribution is -0.144. The molecule has 0 saturated carbocycles. The first-order valence-corrected chi connectivity index (χ1v) is 32.6. The van der Waals surface area contributed by atoms with Gasteiger partial charge < -0.3 is 124 Å². The second-order valence-electron chi connectivity index (χ2n) is 25.3. The van der Waals surface area contributed by atoms with Crippen LogP contribution in [0.4, 0.5) is 0 Å². The Labute approximate surface area is 583 Å². The highest BCUT2D eigenvalue weighted by Crippen LogP contribution is 2.14. The number of hydrogen-bond acceptors (Lipinski definition) is 22. The summed E-state index contributed by atoms with van der Waals surface area (Å²) in [6, 6.07) is -21.0. The minimum atomic E-state index is -2.09. The maximum atomic E-state index is 14.1. The van der Waals surface area contributed by atoms with Crippen molar-refractivity contribution in [3.05, 3.63) is 0 Å². The zero-order valence-corrected chi connectivity index (χ0v) is 58.2. The van der Waals surface area contributed by atoms with Gasteiger partial charge in [0.1, 0.15) is 72.5 Å². The van der Waals surface area contributed by atoms with Gasteiger partial charge >= 0.3 is 11.9 Å². The highest BCUT2D eigenvalue weighted by atomic mass is 16.4. The number of carboxylic acids is 2. The molecule has 0 aromatic rings. The second kappa shape index (κ2) is 46.4. The van der Waals surface area contributed by atoms with Gasteiger partial charge in [0.05, 0.1) is 38.7 Å². The molecule has 0 spiro atoms. The number of nitrogens with one attached hydrogen (secondary N) is 12. The molecule has 0 fully saturated rings. The second-order valence-corrected chi connectivity index (χ2v) is 25.3. The molecule has 15 amide bonds. The monoisotopic (exact) mass is 1440 g/mol. The molecule has 41 heteroatoms. The predicted molar refractivity (Wildman–Crippen MR) is 356 cm³/mol. The van der Waals surface area contributed by atoms with Gasteiger partial charge in [0.2, 0.25) is 88.6 Å². The molecule has 0 bridgehead atoms. The highest BCUT2D eigenvalue weighted by Gasteiger charge is 2.39. The summed E-state index contributed by atoms with van der Waals surface area (Å²) in [5.41, 5.74) is 32.4. The molecule has 29 N–H and O–H groups in total. The van der Waals surface area contributed by atoms with Gasteiger partial charge in [-0.25, -0.2) is 4.79 Å². The smallest absolute Gasteiger partial charge is 0.326 e. The van der Waals surface area contributed by atoms with Crippen molar-refractivity contribution in [3.8, 4) is 0 Å². The Balaban J connectivity index is 6.95. The van der Waals surface area contributed by atoms with E-state index >= 15 is 0 Å². The first kappa shape index (κ1) is 91.1. The number of aliphatic hydroxyl groups excluding tert-OH is 3. The molecule has 0 aromatic carbocycles. The van der Waals surface area contributed by atoms with Crippen molar-refractivity contribution >= 4 is 107 Å². The zero-order valence-electron chi connectivity index (χ0n) is 58.2. The summed E-state index contributed by atoms with van der Waals surface area (Å²) in [7, 11) is 0. The van der Waals surface area contributed by atoms with E-state index in [1.165, 1.54) is 6.92 Å². The number of primary amides is 3. The van der Waals surface area contributed by atoms with Crippen molar-refractivity contribution in [2.24, 2.45) is 63.1 Å². The lowest BCUT2D eigenvalue weighted by Gasteiger charge is -2.29. The third kappa shape index (κ3) is 36.1. The predicted octanol–water partition coefficient (Wildman–Crippen LogP) is -9.67. The Hall–Kier alpha value is -9.90. The van der Waals surface area contributed by atoms with Crippen molar-refractivity contribution in [3.63, 3.8) is 0 Å². The number of hydrogen-bond donors (Lipinski definition) is 23. The van der Waals surface area contributed by atoms with Crippen LogP contribution in [0.5, 0.6) is 0 Å². The first-order chi connectivity index (χ1) is 47.0. The SMILES string of the molecule is CC[C@H](C)[C@H](NC(=O)[C@H](CCC(N)=O)NC(=O)[C@H](CC(=O)O)NC(=O)[C@H](CC(C)C)NC(=O)[C@H](CO)NC(=O)[C@H](CCCN=C(N)N)NC(=O)[C@H](CO)NC(=O)[C@@H](NC(=O)[C@H](CCC(N)=O)NC(=O)[C@H](CC(N)=O)NC(=O)[C@H](CC(C)C)NC(=O)[C@H](CC(C)C)NC(=O)CN)[C@@H](C)O)C(=O)O. The molecule has 101 heavy (non-hydrogen) atoms. The molecular formula is C60H105N19O22. The number of carbonyl (C=O) groups excluding carboxylic acids is 15. The summed E-state index contributed by atoms with van der Waals surface area (Å²) in [5.74, 6) is -22.0. The van der Waals surface area contributed by atoms with E-state index in [4.69, 9.17) is 34.4 Å². The van der Waals surface area contributed by atoms with Crippen LogP contribution in [0.1, 0.15) is 139 Å². The zero-order chi connectivity index (χ0) is 77.7. The van der Waals surface area contributed by atoms with E-state index in [1.807, 2.05) is 0 Å². The van der Waals surface area contributed by atoms with Crippen molar-refractivity contribution in [1.29, 1.82) is 0 Å². The van der Waals surface area contributed by atoms with E-state index in [2.05, 4.69) is 68.8 Å². The van der Waals surface area contributed by atoms with E-state index in [0.29, 0.717) is 0 Å². The van der Waals surface area contributed by atoms with Gasteiger partial charge in [-0.3, -0.25) is 81.7 Å². The molecule has 41 nitrogen and oxygen atoms in total. The number of rotatable bonds is 50. The maximum absolute atomic E-state index is 14.1. The fourth-order valence-electron chi connectivity index (χ4n) is 9.46. The standard InChI is InChI=1S/C60H105N19O22/c1-10-29(8)46(59(100)101)78-49(90)32(13-15-41(62)83)71-55(96)38(22-45(87)88)75-53(94)36(20-28(6)7)73-57(98)39(24-80)76-48(89)31(12-11-17-67-60(65)66)69-56(97)40(25-81)77-58(99)47(30(9)82)79-50(91)33(14-16-42(63)84)70-54(95)37(21-43(64)85)74-52(93)35(19-27(4)5)72-51(92)34(18-26(2)3)68-44(86)23-61/h26-40,46-47,80-82H,10-25,61H2,1-9H3,(H2,62,83)(H2,63,84)(H2,64,85)(H,68,86)(H,69,97)(H,70,95)(H,71,96)(H,72,92)(H,73,98)(H,74,93)(H,75,94)(H,76,89)(H,77,99)(H,78,90)(H,79,91)(H,87,88)(H,100,101)(H4,65,66,67)/t29-,30+,31-,32-,33-,34-,35-,36-,37-,38-,39-,40-,46-,47-/m0/s1. The number of aliphatic carboxylic acids is 2. The van der Waals surface area contributed by atoms with Crippen LogP contribution in [0.25, 0.3) is 0 Å². The summed E-state index contributed by atoms with van der Waals surface area (Å²) in [5, 5.41) is 78.5. The van der Waals surface area contributed by atoms with Crippen LogP contribution in [-0.4, -0.2) is 237 Å². The highest BCUT2D eigenvalue weighted by molar-refractivity contribution is 6.01. The van der Waals surface area contributed by atoms with Crippen LogP contribution >= 0.6 is 0 Å². The number of carboxylic acid groups (broad SMARTS) is 2. The molecule has 14 atom stereocenters. The van der Waals surface area contributed by atoms with Gasteiger partial charge in [-0.2, -0.15) is 0 Å².